The topological polar surface area (TPSA) is 77.0 Å². The minimum atomic E-state index is -3.18. The van der Waals surface area contributed by atoms with Crippen LogP contribution in [0, 0.1) is 6.92 Å². The van der Waals surface area contributed by atoms with Gasteiger partial charge < -0.3 is 20.4 Å². The summed E-state index contributed by atoms with van der Waals surface area (Å²) < 4.78 is 23.4. The van der Waals surface area contributed by atoms with E-state index in [-0.39, 0.29) is 24.0 Å². The quantitative estimate of drug-likeness (QED) is 0.333. The smallest absolute Gasteiger partial charge is 0.191 e. The van der Waals surface area contributed by atoms with Gasteiger partial charge in [-0.25, -0.2) is 8.42 Å². The van der Waals surface area contributed by atoms with E-state index >= 15 is 0 Å². The lowest BCUT2D eigenvalue weighted by molar-refractivity contribution is 0.280. The Morgan fingerprint density at radius 1 is 1.18 bits per heavy atom. The lowest BCUT2D eigenvalue weighted by Crippen LogP contribution is -2.42. The highest BCUT2D eigenvalue weighted by Crippen LogP contribution is 2.16. The number of halogens is 1. The Labute approximate surface area is 186 Å². The van der Waals surface area contributed by atoms with Crippen molar-refractivity contribution in [1.29, 1.82) is 0 Å². The van der Waals surface area contributed by atoms with Gasteiger partial charge in [-0.3, -0.25) is 4.99 Å². The number of aliphatic imine (C=N–C) groups is 1. The molecule has 1 aliphatic rings. The standard InChI is InChI=1S/C19H33N5O2S.HI/c1-16-14-17(6-7-18(16)27(4,25)26)15-22-19(20-2)21-8-11-24-10-5-9-23(3)12-13-24;/h6-7,14H,5,8-13,15H2,1-4H3,(H2,20,21,22);1H. The molecular weight excluding hydrogens is 489 g/mol. The van der Waals surface area contributed by atoms with Crippen LogP contribution in [-0.2, 0) is 16.4 Å². The highest BCUT2D eigenvalue weighted by atomic mass is 127. The van der Waals surface area contributed by atoms with Crippen molar-refractivity contribution in [3.63, 3.8) is 0 Å². The normalized spacial score (nSPS) is 16.9. The molecule has 7 nitrogen and oxygen atoms in total. The van der Waals surface area contributed by atoms with Gasteiger partial charge in [0.15, 0.2) is 15.8 Å². The zero-order chi connectivity index (χ0) is 19.9. The molecule has 1 heterocycles. The van der Waals surface area contributed by atoms with Crippen molar-refractivity contribution in [2.45, 2.75) is 24.8 Å². The van der Waals surface area contributed by atoms with Crippen LogP contribution in [0.25, 0.3) is 0 Å². The minimum Gasteiger partial charge on any atom is -0.355 e. The Morgan fingerprint density at radius 3 is 2.57 bits per heavy atom. The van der Waals surface area contributed by atoms with Gasteiger partial charge in [0.05, 0.1) is 4.90 Å². The fourth-order valence-corrected chi connectivity index (χ4v) is 4.26. The fourth-order valence-electron chi connectivity index (χ4n) is 3.30. The molecule has 0 saturated carbocycles. The molecule has 0 aliphatic carbocycles. The molecule has 1 fully saturated rings. The van der Waals surface area contributed by atoms with Crippen molar-refractivity contribution in [1.82, 2.24) is 20.4 Å². The van der Waals surface area contributed by atoms with E-state index in [0.29, 0.717) is 11.4 Å². The Balaban J connectivity index is 0.00000392. The second-order valence-corrected chi connectivity index (χ2v) is 9.21. The van der Waals surface area contributed by atoms with Crippen molar-refractivity contribution in [2.24, 2.45) is 4.99 Å². The Kier molecular flexibility index (Phi) is 10.7. The summed E-state index contributed by atoms with van der Waals surface area (Å²) in [6.45, 7) is 8.80. The van der Waals surface area contributed by atoms with Crippen LogP contribution >= 0.6 is 24.0 Å². The number of nitrogens with one attached hydrogen (secondary N) is 2. The number of benzene rings is 1. The number of aryl methyl sites for hydroxylation is 1. The first-order chi connectivity index (χ1) is 12.8. The Morgan fingerprint density at radius 2 is 1.93 bits per heavy atom. The first kappa shape index (κ1) is 25.1. The lowest BCUT2D eigenvalue weighted by Gasteiger charge is -2.21. The third-order valence-electron chi connectivity index (χ3n) is 4.85. The van der Waals surface area contributed by atoms with Gasteiger partial charge in [0.2, 0.25) is 0 Å². The predicted molar refractivity (Wildman–Crippen MR) is 126 cm³/mol. The van der Waals surface area contributed by atoms with Crippen molar-refractivity contribution in [2.75, 3.05) is 59.6 Å². The highest BCUT2D eigenvalue weighted by Gasteiger charge is 2.12. The number of rotatable bonds is 6. The van der Waals surface area contributed by atoms with Gasteiger partial charge in [-0.1, -0.05) is 12.1 Å². The molecule has 0 radical (unpaired) electrons. The van der Waals surface area contributed by atoms with E-state index in [1.54, 1.807) is 13.1 Å². The molecule has 1 aromatic carbocycles. The maximum Gasteiger partial charge on any atom is 0.191 e. The second kappa shape index (κ2) is 11.9. The number of hydrogen-bond acceptors (Lipinski definition) is 5. The number of hydrogen-bond donors (Lipinski definition) is 2. The van der Waals surface area contributed by atoms with Crippen LogP contribution in [0.15, 0.2) is 28.1 Å². The first-order valence-corrected chi connectivity index (χ1v) is 11.3. The summed E-state index contributed by atoms with van der Waals surface area (Å²) in [4.78, 5) is 9.52. The molecular formula is C19H34IN5O2S. The molecule has 1 aromatic rings. The van der Waals surface area contributed by atoms with Crippen molar-refractivity contribution in [3.8, 4) is 0 Å². The fraction of sp³-hybridized carbons (Fsp3) is 0.632. The van der Waals surface area contributed by atoms with E-state index in [9.17, 15) is 8.42 Å². The van der Waals surface area contributed by atoms with E-state index in [1.165, 1.54) is 19.2 Å². The highest BCUT2D eigenvalue weighted by molar-refractivity contribution is 14.0. The molecule has 2 N–H and O–H groups in total. The van der Waals surface area contributed by atoms with Gasteiger partial charge in [0.1, 0.15) is 0 Å². The molecule has 2 rings (SSSR count). The van der Waals surface area contributed by atoms with Crippen LogP contribution in [0.2, 0.25) is 0 Å². The summed E-state index contributed by atoms with van der Waals surface area (Å²) in [6, 6.07) is 5.43. The zero-order valence-corrected chi connectivity index (χ0v) is 20.5. The summed E-state index contributed by atoms with van der Waals surface area (Å²) in [5.41, 5.74) is 1.80. The number of sulfone groups is 1. The summed E-state index contributed by atoms with van der Waals surface area (Å²) in [5, 5.41) is 6.65. The maximum absolute atomic E-state index is 11.7. The minimum absolute atomic E-state index is 0. The summed E-state index contributed by atoms with van der Waals surface area (Å²) in [5.74, 6) is 0.756. The van der Waals surface area contributed by atoms with Crippen LogP contribution < -0.4 is 10.6 Å². The summed E-state index contributed by atoms with van der Waals surface area (Å²) in [7, 11) is 0.757. The third kappa shape index (κ3) is 8.22. The SMILES string of the molecule is CN=C(NCCN1CCCN(C)CC1)NCc1ccc(S(C)(=O)=O)c(C)c1.I. The van der Waals surface area contributed by atoms with Crippen molar-refractivity contribution >= 4 is 39.8 Å². The predicted octanol–water partition coefficient (Wildman–Crippen LogP) is 1.32. The lowest BCUT2D eigenvalue weighted by atomic mass is 10.1. The van der Waals surface area contributed by atoms with Crippen LogP contribution in [0.4, 0.5) is 0 Å². The molecule has 0 unspecified atom stereocenters. The van der Waals surface area contributed by atoms with E-state index < -0.39 is 9.84 Å². The largest absolute Gasteiger partial charge is 0.355 e. The summed E-state index contributed by atoms with van der Waals surface area (Å²) in [6.07, 6.45) is 2.45. The second-order valence-electron chi connectivity index (χ2n) is 7.22. The zero-order valence-electron chi connectivity index (χ0n) is 17.4. The van der Waals surface area contributed by atoms with Gasteiger partial charge in [-0.15, -0.1) is 24.0 Å². The molecule has 0 bridgehead atoms. The number of guanidine groups is 1. The van der Waals surface area contributed by atoms with Gasteiger partial charge in [0, 0.05) is 46.0 Å². The molecule has 28 heavy (non-hydrogen) atoms. The van der Waals surface area contributed by atoms with E-state index in [0.717, 1.165) is 49.8 Å². The molecule has 0 atom stereocenters. The van der Waals surface area contributed by atoms with Crippen molar-refractivity contribution in [3.05, 3.63) is 29.3 Å². The summed E-state index contributed by atoms with van der Waals surface area (Å²) >= 11 is 0. The van der Waals surface area contributed by atoms with Crippen LogP contribution in [0.5, 0.6) is 0 Å². The van der Waals surface area contributed by atoms with Crippen LogP contribution in [-0.4, -0.2) is 83.8 Å². The van der Waals surface area contributed by atoms with E-state index in [2.05, 4.69) is 32.5 Å². The number of nitrogens with zero attached hydrogens (tertiary/aromatic N) is 3. The van der Waals surface area contributed by atoms with Gasteiger partial charge in [0.25, 0.3) is 0 Å². The third-order valence-corrected chi connectivity index (χ3v) is 6.11. The average Bonchev–Trinajstić information content (AvgIpc) is 2.81. The van der Waals surface area contributed by atoms with E-state index in [1.807, 2.05) is 19.1 Å². The molecule has 0 spiro atoms. The van der Waals surface area contributed by atoms with Crippen LogP contribution in [0.3, 0.4) is 0 Å². The average molecular weight is 523 g/mol. The van der Waals surface area contributed by atoms with Gasteiger partial charge in [-0.05, 0) is 50.7 Å². The maximum atomic E-state index is 11.7. The van der Waals surface area contributed by atoms with Crippen molar-refractivity contribution < 1.29 is 8.42 Å². The van der Waals surface area contributed by atoms with Gasteiger partial charge >= 0.3 is 0 Å². The molecule has 0 amide bonds. The number of likely N-dealkylation sites (N-methyl/N-ethyl adjacent to an activating group) is 1. The molecule has 160 valence electrons. The molecule has 0 aromatic heterocycles. The monoisotopic (exact) mass is 523 g/mol. The Bertz CT molecular complexity index is 755. The molecule has 1 aliphatic heterocycles. The molecule has 9 heteroatoms. The van der Waals surface area contributed by atoms with Gasteiger partial charge in [-0.2, -0.15) is 0 Å². The first-order valence-electron chi connectivity index (χ1n) is 9.44. The molecule has 1 saturated heterocycles. The van der Waals surface area contributed by atoms with E-state index in [4.69, 9.17) is 0 Å². The Hall–Kier alpha value is -0.910. The van der Waals surface area contributed by atoms with Crippen LogP contribution in [0.1, 0.15) is 17.5 Å².